The summed E-state index contributed by atoms with van der Waals surface area (Å²) < 4.78 is 2.92. The van der Waals surface area contributed by atoms with Gasteiger partial charge in [-0.25, -0.2) is 9.67 Å². The molecule has 2 aromatic heterocycles. The number of aromatic nitrogens is 3. The Balaban J connectivity index is 2.31. The fraction of sp³-hybridized carbons (Fsp3) is 0.333. The van der Waals surface area contributed by atoms with E-state index in [0.717, 1.165) is 28.2 Å². The first-order chi connectivity index (χ1) is 8.19. The smallest absolute Gasteiger partial charge is 0.153 e. The van der Waals surface area contributed by atoms with Crippen LogP contribution in [0.25, 0.3) is 5.82 Å². The molecule has 0 saturated heterocycles. The van der Waals surface area contributed by atoms with E-state index in [2.05, 4.69) is 57.0 Å². The lowest BCUT2D eigenvalue weighted by molar-refractivity contribution is 0.722. The third kappa shape index (κ3) is 3.26. The summed E-state index contributed by atoms with van der Waals surface area (Å²) in [6.45, 7) is 5.94. The van der Waals surface area contributed by atoms with Crippen LogP contribution in [0.5, 0.6) is 0 Å². The van der Waals surface area contributed by atoms with Crippen molar-refractivity contribution in [2.75, 3.05) is 6.54 Å². The molecule has 0 saturated carbocycles. The monoisotopic (exact) mass is 342 g/mol. The van der Waals surface area contributed by atoms with Gasteiger partial charge in [0.05, 0.1) is 9.77 Å². The number of halogens is 1. The molecular formula is C12H15IN4. The first kappa shape index (κ1) is 12.5. The van der Waals surface area contributed by atoms with Crippen LogP contribution < -0.4 is 5.32 Å². The molecule has 2 rings (SSSR count). The summed E-state index contributed by atoms with van der Waals surface area (Å²) in [7, 11) is 0. The summed E-state index contributed by atoms with van der Waals surface area (Å²) in [5.41, 5.74) is 2.25. The van der Waals surface area contributed by atoms with Gasteiger partial charge in [-0.05, 0) is 53.8 Å². The van der Waals surface area contributed by atoms with Crippen LogP contribution in [-0.2, 0) is 6.54 Å². The molecule has 0 fully saturated rings. The number of pyridine rings is 1. The van der Waals surface area contributed by atoms with Crippen LogP contribution in [-0.4, -0.2) is 21.3 Å². The summed E-state index contributed by atoms with van der Waals surface area (Å²) in [6.07, 6.45) is 3.80. The number of hydrogen-bond donors (Lipinski definition) is 1. The minimum atomic E-state index is 0.866. The molecule has 2 heterocycles. The van der Waals surface area contributed by atoms with E-state index in [0.29, 0.717) is 0 Å². The second-order valence-corrected chi connectivity index (χ2v) is 5.10. The zero-order valence-electron chi connectivity index (χ0n) is 9.94. The Bertz CT molecular complexity index is 507. The summed E-state index contributed by atoms with van der Waals surface area (Å²) in [4.78, 5) is 4.49. The molecule has 0 atom stereocenters. The Morgan fingerprint density at radius 3 is 2.88 bits per heavy atom. The Labute approximate surface area is 115 Å². The highest BCUT2D eigenvalue weighted by Gasteiger charge is 2.03. The first-order valence-electron chi connectivity index (χ1n) is 5.58. The maximum Gasteiger partial charge on any atom is 0.153 e. The van der Waals surface area contributed by atoms with E-state index in [-0.39, 0.29) is 0 Å². The van der Waals surface area contributed by atoms with Crippen LogP contribution in [0.3, 0.4) is 0 Å². The summed E-state index contributed by atoms with van der Waals surface area (Å²) in [5.74, 6) is 0.876. The lowest BCUT2D eigenvalue weighted by atomic mass is 10.2. The van der Waals surface area contributed by atoms with Crippen LogP contribution >= 0.6 is 22.6 Å². The van der Waals surface area contributed by atoms with Crippen molar-refractivity contribution >= 4 is 22.6 Å². The van der Waals surface area contributed by atoms with Crippen LogP contribution in [0.1, 0.15) is 18.2 Å². The van der Waals surface area contributed by atoms with E-state index in [1.54, 1.807) is 0 Å². The number of rotatable bonds is 4. The Morgan fingerprint density at radius 2 is 2.24 bits per heavy atom. The lowest BCUT2D eigenvalue weighted by Crippen LogP contribution is -2.12. The third-order valence-electron chi connectivity index (χ3n) is 2.36. The molecule has 1 N–H and O–H groups in total. The van der Waals surface area contributed by atoms with Crippen molar-refractivity contribution in [2.45, 2.75) is 20.4 Å². The molecule has 2 aromatic rings. The quantitative estimate of drug-likeness (QED) is 0.867. The van der Waals surface area contributed by atoms with Crippen LogP contribution in [0.2, 0.25) is 0 Å². The molecule has 0 amide bonds. The zero-order chi connectivity index (χ0) is 12.3. The van der Waals surface area contributed by atoms with Gasteiger partial charge in [-0.2, -0.15) is 5.10 Å². The van der Waals surface area contributed by atoms with Gasteiger partial charge in [0, 0.05) is 18.4 Å². The fourth-order valence-corrected chi connectivity index (χ4v) is 2.02. The Morgan fingerprint density at radius 1 is 1.41 bits per heavy atom. The van der Waals surface area contributed by atoms with Gasteiger partial charge in [-0.1, -0.05) is 6.92 Å². The van der Waals surface area contributed by atoms with E-state index < -0.39 is 0 Å². The standard InChI is InChI=1S/C12H15IN4/c1-3-14-6-10-4-9(2)16-12(5-10)17-8-11(13)7-15-17/h4-5,7-8,14H,3,6H2,1-2H3. The maximum absolute atomic E-state index is 4.49. The number of hydrogen-bond acceptors (Lipinski definition) is 3. The van der Waals surface area contributed by atoms with E-state index >= 15 is 0 Å². The van der Waals surface area contributed by atoms with Gasteiger partial charge in [-0.3, -0.25) is 0 Å². The molecule has 17 heavy (non-hydrogen) atoms. The van der Waals surface area contributed by atoms with Gasteiger partial charge < -0.3 is 5.32 Å². The van der Waals surface area contributed by atoms with E-state index in [9.17, 15) is 0 Å². The van der Waals surface area contributed by atoms with Crippen molar-refractivity contribution in [1.29, 1.82) is 0 Å². The minimum absolute atomic E-state index is 0.866. The molecule has 5 heteroatoms. The lowest BCUT2D eigenvalue weighted by Gasteiger charge is -2.07. The van der Waals surface area contributed by atoms with Crippen molar-refractivity contribution in [3.63, 3.8) is 0 Å². The predicted molar refractivity (Wildman–Crippen MR) is 76.2 cm³/mol. The highest BCUT2D eigenvalue weighted by molar-refractivity contribution is 14.1. The van der Waals surface area contributed by atoms with Gasteiger partial charge in [-0.15, -0.1) is 0 Å². The van der Waals surface area contributed by atoms with Crippen molar-refractivity contribution in [2.24, 2.45) is 0 Å². The molecule has 0 radical (unpaired) electrons. The van der Waals surface area contributed by atoms with E-state index in [4.69, 9.17) is 0 Å². The zero-order valence-corrected chi connectivity index (χ0v) is 12.1. The van der Waals surface area contributed by atoms with E-state index in [1.165, 1.54) is 5.56 Å². The van der Waals surface area contributed by atoms with Crippen molar-refractivity contribution in [3.05, 3.63) is 39.4 Å². The second kappa shape index (κ2) is 5.59. The molecule has 0 aliphatic rings. The summed E-state index contributed by atoms with van der Waals surface area (Å²) in [6, 6.07) is 4.17. The Hall–Kier alpha value is -0.950. The minimum Gasteiger partial charge on any atom is -0.313 e. The fourth-order valence-electron chi connectivity index (χ4n) is 1.64. The molecular weight excluding hydrogens is 327 g/mol. The Kier molecular flexibility index (Phi) is 4.11. The highest BCUT2D eigenvalue weighted by atomic mass is 127. The molecule has 0 unspecified atom stereocenters. The number of nitrogens with one attached hydrogen (secondary N) is 1. The number of aryl methyl sites for hydroxylation is 1. The van der Waals surface area contributed by atoms with Crippen LogP contribution in [0, 0.1) is 10.5 Å². The molecule has 90 valence electrons. The van der Waals surface area contributed by atoms with Gasteiger partial charge >= 0.3 is 0 Å². The topological polar surface area (TPSA) is 42.7 Å². The van der Waals surface area contributed by atoms with Gasteiger partial charge in [0.15, 0.2) is 5.82 Å². The first-order valence-corrected chi connectivity index (χ1v) is 6.65. The van der Waals surface area contributed by atoms with Crippen LogP contribution in [0.4, 0.5) is 0 Å². The molecule has 4 nitrogen and oxygen atoms in total. The van der Waals surface area contributed by atoms with Gasteiger partial charge in [0.1, 0.15) is 0 Å². The third-order valence-corrected chi connectivity index (χ3v) is 2.92. The number of nitrogens with zero attached hydrogens (tertiary/aromatic N) is 3. The van der Waals surface area contributed by atoms with Crippen molar-refractivity contribution < 1.29 is 0 Å². The largest absolute Gasteiger partial charge is 0.313 e. The molecule has 0 aliphatic carbocycles. The second-order valence-electron chi connectivity index (χ2n) is 3.86. The normalized spacial score (nSPS) is 10.8. The maximum atomic E-state index is 4.49. The van der Waals surface area contributed by atoms with Crippen molar-refractivity contribution in [3.8, 4) is 5.82 Å². The van der Waals surface area contributed by atoms with Crippen LogP contribution in [0.15, 0.2) is 24.5 Å². The molecule has 0 bridgehead atoms. The van der Waals surface area contributed by atoms with Gasteiger partial charge in [0.2, 0.25) is 0 Å². The van der Waals surface area contributed by atoms with Crippen molar-refractivity contribution in [1.82, 2.24) is 20.1 Å². The molecule has 0 aromatic carbocycles. The SMILES string of the molecule is CCNCc1cc(C)nc(-n2cc(I)cn2)c1. The average molecular weight is 342 g/mol. The molecule has 0 aliphatic heterocycles. The summed E-state index contributed by atoms with van der Waals surface area (Å²) in [5, 5.41) is 7.59. The van der Waals surface area contributed by atoms with E-state index in [1.807, 2.05) is 24.0 Å². The van der Waals surface area contributed by atoms with Gasteiger partial charge in [0.25, 0.3) is 0 Å². The summed E-state index contributed by atoms with van der Waals surface area (Å²) >= 11 is 2.24. The molecule has 0 spiro atoms. The predicted octanol–water partition coefficient (Wildman–Crippen LogP) is 2.29. The highest BCUT2D eigenvalue weighted by Crippen LogP contribution is 2.11. The average Bonchev–Trinajstić information content (AvgIpc) is 2.72.